The van der Waals surface area contributed by atoms with Crippen LogP contribution in [-0.2, 0) is 19.9 Å². The van der Waals surface area contributed by atoms with E-state index in [9.17, 15) is 14.9 Å². The van der Waals surface area contributed by atoms with Gasteiger partial charge in [0.2, 0.25) is 0 Å². The van der Waals surface area contributed by atoms with Gasteiger partial charge in [-0.2, -0.15) is 5.10 Å². The first kappa shape index (κ1) is 26.7. The van der Waals surface area contributed by atoms with Crippen molar-refractivity contribution in [2.75, 3.05) is 68.1 Å². The number of piperazine rings is 1. The number of benzene rings is 2. The van der Waals surface area contributed by atoms with Gasteiger partial charge in [0, 0.05) is 95.0 Å². The van der Waals surface area contributed by atoms with Gasteiger partial charge in [-0.3, -0.25) is 29.4 Å². The SMILES string of the molecule is CN(C)c1ccc(N2CCN(CCN(C(=O)c3ccc([N+](=O)[O-])cc3)c3c4c(nn3C)CCCC4)CC2)cc1. The van der Waals surface area contributed by atoms with E-state index in [1.807, 2.05) is 30.7 Å². The van der Waals surface area contributed by atoms with E-state index in [1.165, 1.54) is 23.5 Å². The van der Waals surface area contributed by atoms with Gasteiger partial charge in [-0.05, 0) is 62.1 Å². The lowest BCUT2D eigenvalue weighted by Crippen LogP contribution is -2.49. The van der Waals surface area contributed by atoms with Crippen LogP contribution in [0, 0.1) is 10.1 Å². The van der Waals surface area contributed by atoms with Crippen molar-refractivity contribution in [3.05, 3.63) is 75.5 Å². The largest absolute Gasteiger partial charge is 0.378 e. The third kappa shape index (κ3) is 5.75. The van der Waals surface area contributed by atoms with E-state index in [4.69, 9.17) is 5.10 Å². The molecule has 2 aliphatic rings. The Hall–Kier alpha value is -3.92. The summed E-state index contributed by atoms with van der Waals surface area (Å²) >= 11 is 0. The number of carbonyl (C=O) groups is 1. The fourth-order valence-electron chi connectivity index (χ4n) is 5.62. The van der Waals surface area contributed by atoms with Gasteiger partial charge in [0.15, 0.2) is 0 Å². The smallest absolute Gasteiger partial charge is 0.269 e. The second kappa shape index (κ2) is 11.4. The molecule has 1 aliphatic carbocycles. The Bertz CT molecular complexity index is 1310. The lowest BCUT2D eigenvalue weighted by atomic mass is 9.97. The molecule has 39 heavy (non-hydrogen) atoms. The number of aryl methyl sites for hydroxylation is 2. The number of hydrogen-bond acceptors (Lipinski definition) is 7. The van der Waals surface area contributed by atoms with Crippen LogP contribution >= 0.6 is 0 Å². The molecule has 0 spiro atoms. The summed E-state index contributed by atoms with van der Waals surface area (Å²) in [5.41, 5.74) is 5.07. The van der Waals surface area contributed by atoms with Gasteiger partial charge >= 0.3 is 0 Å². The average Bonchev–Trinajstić information content (AvgIpc) is 3.29. The maximum absolute atomic E-state index is 13.8. The maximum atomic E-state index is 13.8. The van der Waals surface area contributed by atoms with Crippen LogP contribution in [0.3, 0.4) is 0 Å². The van der Waals surface area contributed by atoms with Gasteiger partial charge in [0.1, 0.15) is 5.82 Å². The average molecular weight is 532 g/mol. The predicted octanol–water partition coefficient (Wildman–Crippen LogP) is 3.74. The molecule has 0 bridgehead atoms. The van der Waals surface area contributed by atoms with Crippen molar-refractivity contribution in [3.63, 3.8) is 0 Å². The topological polar surface area (TPSA) is 91.0 Å². The van der Waals surface area contributed by atoms with Crippen molar-refractivity contribution < 1.29 is 9.72 Å². The van der Waals surface area contributed by atoms with Gasteiger partial charge in [-0.25, -0.2) is 0 Å². The first-order valence-corrected chi connectivity index (χ1v) is 13.7. The molecule has 0 unspecified atom stereocenters. The van der Waals surface area contributed by atoms with Crippen molar-refractivity contribution in [3.8, 4) is 0 Å². The van der Waals surface area contributed by atoms with Gasteiger partial charge < -0.3 is 9.80 Å². The maximum Gasteiger partial charge on any atom is 0.269 e. The lowest BCUT2D eigenvalue weighted by molar-refractivity contribution is -0.384. The normalized spacial score (nSPS) is 15.6. The molecule has 1 amide bonds. The van der Waals surface area contributed by atoms with E-state index in [2.05, 4.69) is 39.0 Å². The Kier molecular flexibility index (Phi) is 7.83. The Morgan fingerprint density at radius 1 is 0.974 bits per heavy atom. The molecular weight excluding hydrogens is 494 g/mol. The number of nitrogens with zero attached hydrogens (tertiary/aromatic N) is 7. The fourth-order valence-corrected chi connectivity index (χ4v) is 5.62. The Morgan fingerprint density at radius 3 is 2.28 bits per heavy atom. The van der Waals surface area contributed by atoms with E-state index in [-0.39, 0.29) is 11.6 Å². The van der Waals surface area contributed by atoms with Crippen LogP contribution in [0.15, 0.2) is 48.5 Å². The minimum atomic E-state index is -0.445. The molecule has 1 aliphatic heterocycles. The zero-order valence-electron chi connectivity index (χ0n) is 23.0. The molecule has 1 fully saturated rings. The second-order valence-electron chi connectivity index (χ2n) is 10.6. The number of hydrogen-bond donors (Lipinski definition) is 0. The number of non-ortho nitro benzene ring substituents is 1. The second-order valence-corrected chi connectivity index (χ2v) is 10.6. The van der Waals surface area contributed by atoms with Crippen LogP contribution < -0.4 is 14.7 Å². The summed E-state index contributed by atoms with van der Waals surface area (Å²) < 4.78 is 1.84. The summed E-state index contributed by atoms with van der Waals surface area (Å²) in [7, 11) is 6.00. The monoisotopic (exact) mass is 531 g/mol. The van der Waals surface area contributed by atoms with Crippen molar-refractivity contribution in [1.82, 2.24) is 14.7 Å². The molecule has 3 aromatic rings. The van der Waals surface area contributed by atoms with Crippen molar-refractivity contribution in [2.24, 2.45) is 7.05 Å². The number of anilines is 3. The van der Waals surface area contributed by atoms with Gasteiger partial charge in [0.25, 0.3) is 11.6 Å². The Morgan fingerprint density at radius 2 is 1.64 bits per heavy atom. The summed E-state index contributed by atoms with van der Waals surface area (Å²) in [6.07, 6.45) is 4.04. The van der Waals surface area contributed by atoms with E-state index in [0.29, 0.717) is 12.1 Å². The number of fused-ring (bicyclic) bond motifs is 1. The highest BCUT2D eigenvalue weighted by Crippen LogP contribution is 2.31. The molecule has 0 atom stereocenters. The first-order chi connectivity index (χ1) is 18.8. The molecule has 2 aromatic carbocycles. The van der Waals surface area contributed by atoms with Crippen LogP contribution in [0.4, 0.5) is 22.9 Å². The Balaban J connectivity index is 1.30. The van der Waals surface area contributed by atoms with E-state index < -0.39 is 4.92 Å². The molecule has 1 saturated heterocycles. The van der Waals surface area contributed by atoms with Crippen LogP contribution in [0.25, 0.3) is 0 Å². The summed E-state index contributed by atoms with van der Waals surface area (Å²) in [4.78, 5) is 33.3. The third-order valence-corrected chi connectivity index (χ3v) is 7.86. The van der Waals surface area contributed by atoms with Gasteiger partial charge in [-0.1, -0.05) is 0 Å². The van der Waals surface area contributed by atoms with Gasteiger partial charge in [-0.15, -0.1) is 0 Å². The molecule has 5 rings (SSSR count). The number of aromatic nitrogens is 2. The standard InChI is InChI=1S/C29H37N7O3/c1-31(2)23-12-14-24(15-13-23)34-19-16-33(17-20-34)18-21-35(28-26-6-4-5-7-27(26)30-32(28)3)29(37)22-8-10-25(11-9-22)36(38)39/h8-15H,4-7,16-21H2,1-3H3. The summed E-state index contributed by atoms with van der Waals surface area (Å²) in [6, 6.07) is 14.6. The highest BCUT2D eigenvalue weighted by Gasteiger charge is 2.29. The number of rotatable bonds is 8. The zero-order valence-corrected chi connectivity index (χ0v) is 23.0. The number of nitro benzene ring substituents is 1. The molecule has 206 valence electrons. The molecular formula is C29H37N7O3. The summed E-state index contributed by atoms with van der Waals surface area (Å²) in [5, 5.41) is 15.9. The van der Waals surface area contributed by atoms with Gasteiger partial charge in [0.05, 0.1) is 10.6 Å². The number of nitro groups is 1. The summed E-state index contributed by atoms with van der Waals surface area (Å²) in [5.74, 6) is 0.702. The van der Waals surface area contributed by atoms with Crippen molar-refractivity contribution >= 4 is 28.8 Å². The zero-order chi connectivity index (χ0) is 27.5. The molecule has 0 saturated carbocycles. The molecule has 0 N–H and O–H groups in total. The lowest BCUT2D eigenvalue weighted by Gasteiger charge is -2.37. The molecule has 2 heterocycles. The minimum Gasteiger partial charge on any atom is -0.378 e. The highest BCUT2D eigenvalue weighted by molar-refractivity contribution is 6.06. The molecule has 10 nitrogen and oxygen atoms in total. The molecule has 1 aromatic heterocycles. The highest BCUT2D eigenvalue weighted by atomic mass is 16.6. The minimum absolute atomic E-state index is 0.0229. The summed E-state index contributed by atoms with van der Waals surface area (Å²) in [6.45, 7) is 4.96. The first-order valence-electron chi connectivity index (χ1n) is 13.7. The number of amides is 1. The molecule has 0 radical (unpaired) electrons. The van der Waals surface area contributed by atoms with Crippen molar-refractivity contribution in [1.29, 1.82) is 0 Å². The number of carbonyl (C=O) groups excluding carboxylic acids is 1. The van der Waals surface area contributed by atoms with E-state index in [0.717, 1.165) is 75.5 Å². The quantitative estimate of drug-likeness (QED) is 0.323. The van der Waals surface area contributed by atoms with Crippen LogP contribution in [0.1, 0.15) is 34.5 Å². The fraction of sp³-hybridized carbons (Fsp3) is 0.448. The predicted molar refractivity (Wildman–Crippen MR) is 154 cm³/mol. The van der Waals surface area contributed by atoms with E-state index >= 15 is 0 Å². The van der Waals surface area contributed by atoms with Crippen LogP contribution in [0.5, 0.6) is 0 Å². The van der Waals surface area contributed by atoms with Crippen molar-refractivity contribution in [2.45, 2.75) is 25.7 Å². The molecule has 10 heteroatoms. The van der Waals surface area contributed by atoms with E-state index in [1.54, 1.807) is 12.1 Å². The van der Waals surface area contributed by atoms with Crippen LogP contribution in [0.2, 0.25) is 0 Å². The van der Waals surface area contributed by atoms with Crippen LogP contribution in [-0.4, -0.2) is 78.9 Å². The third-order valence-electron chi connectivity index (χ3n) is 7.86. The Labute approximate surface area is 229 Å².